The summed E-state index contributed by atoms with van der Waals surface area (Å²) >= 11 is 1.20. The van der Waals surface area contributed by atoms with Crippen molar-refractivity contribution >= 4 is 11.8 Å². The number of H-pyrrole nitrogens is 1. The van der Waals surface area contributed by atoms with Crippen LogP contribution in [-0.2, 0) is 6.18 Å². The lowest BCUT2D eigenvalue weighted by molar-refractivity contribution is -0.144. The maximum absolute atomic E-state index is 12.0. The summed E-state index contributed by atoms with van der Waals surface area (Å²) in [6, 6.07) is 0. The second-order valence-corrected chi connectivity index (χ2v) is 3.37. The summed E-state index contributed by atoms with van der Waals surface area (Å²) < 4.78 is 35.9. The lowest BCUT2D eigenvalue weighted by Crippen LogP contribution is -2.07. The minimum absolute atomic E-state index is 0.147. The van der Waals surface area contributed by atoms with Crippen LogP contribution in [0.1, 0.15) is 19.2 Å². The Morgan fingerprint density at radius 1 is 1.46 bits per heavy atom. The van der Waals surface area contributed by atoms with Crippen molar-refractivity contribution < 1.29 is 13.2 Å². The van der Waals surface area contributed by atoms with E-state index in [2.05, 4.69) is 10.1 Å². The molecule has 0 aliphatic heterocycles. The lowest BCUT2D eigenvalue weighted by Gasteiger charge is -1.98. The number of hydrogen-bond acceptors (Lipinski definition) is 3. The summed E-state index contributed by atoms with van der Waals surface area (Å²) in [6.07, 6.45) is -3.56. The molecule has 0 amide bonds. The maximum atomic E-state index is 12.0. The van der Waals surface area contributed by atoms with E-state index < -0.39 is 12.0 Å². The number of aromatic amines is 1. The molecule has 0 spiro atoms. The molecule has 0 saturated heterocycles. The van der Waals surface area contributed by atoms with Crippen molar-refractivity contribution in [2.24, 2.45) is 0 Å². The van der Waals surface area contributed by atoms with Crippen molar-refractivity contribution in [1.29, 1.82) is 0 Å². The quantitative estimate of drug-likeness (QED) is 0.780. The van der Waals surface area contributed by atoms with Crippen molar-refractivity contribution in [1.82, 2.24) is 15.2 Å². The third kappa shape index (κ3) is 2.91. The molecule has 74 valence electrons. The molecule has 1 aromatic heterocycles. The molecule has 0 unspecified atom stereocenters. The second kappa shape index (κ2) is 3.99. The minimum Gasteiger partial charge on any atom is -0.254 e. The largest absolute Gasteiger partial charge is 0.451 e. The zero-order valence-corrected chi connectivity index (χ0v) is 7.67. The van der Waals surface area contributed by atoms with Crippen LogP contribution < -0.4 is 0 Å². The second-order valence-electron chi connectivity index (χ2n) is 2.31. The highest BCUT2D eigenvalue weighted by Crippen LogP contribution is 2.27. The summed E-state index contributed by atoms with van der Waals surface area (Å²) in [5, 5.41) is 5.42. The van der Waals surface area contributed by atoms with E-state index in [1.54, 1.807) is 0 Å². The normalized spacial score (nSPS) is 12.0. The summed E-state index contributed by atoms with van der Waals surface area (Å²) in [5.41, 5.74) is 0. The van der Waals surface area contributed by atoms with Crippen LogP contribution in [0, 0.1) is 0 Å². The molecular formula is C6H8F3N3S. The summed E-state index contributed by atoms with van der Waals surface area (Å²) in [6.45, 7) is 1.93. The molecule has 1 rings (SSSR count). The Morgan fingerprint density at radius 2 is 2.15 bits per heavy atom. The van der Waals surface area contributed by atoms with Crippen LogP contribution in [0.5, 0.6) is 0 Å². The van der Waals surface area contributed by atoms with Gasteiger partial charge < -0.3 is 0 Å². The fourth-order valence-electron chi connectivity index (χ4n) is 0.631. The van der Waals surface area contributed by atoms with Gasteiger partial charge in [-0.1, -0.05) is 18.7 Å². The monoisotopic (exact) mass is 211 g/mol. The summed E-state index contributed by atoms with van der Waals surface area (Å²) in [5.74, 6) is -0.319. The van der Waals surface area contributed by atoms with E-state index in [0.717, 1.165) is 12.2 Å². The Labute approximate surface area is 77.1 Å². The van der Waals surface area contributed by atoms with Crippen molar-refractivity contribution in [2.45, 2.75) is 24.7 Å². The van der Waals surface area contributed by atoms with Gasteiger partial charge in [-0.15, -0.1) is 5.10 Å². The SMILES string of the molecule is CCCSc1n[nH]c(C(F)(F)F)n1. The van der Waals surface area contributed by atoms with Gasteiger partial charge in [0.15, 0.2) is 0 Å². The summed E-state index contributed by atoms with van der Waals surface area (Å²) in [4.78, 5) is 3.29. The zero-order chi connectivity index (χ0) is 9.90. The molecule has 13 heavy (non-hydrogen) atoms. The first-order valence-electron chi connectivity index (χ1n) is 3.66. The first kappa shape index (κ1) is 10.4. The number of rotatable bonds is 3. The van der Waals surface area contributed by atoms with E-state index in [1.165, 1.54) is 11.8 Å². The van der Waals surface area contributed by atoms with Gasteiger partial charge in [-0.2, -0.15) is 18.2 Å². The van der Waals surface area contributed by atoms with Crippen LogP contribution in [-0.4, -0.2) is 20.9 Å². The molecule has 0 bridgehead atoms. The van der Waals surface area contributed by atoms with E-state index in [9.17, 15) is 13.2 Å². The third-order valence-electron chi connectivity index (χ3n) is 1.17. The average molecular weight is 211 g/mol. The van der Waals surface area contributed by atoms with Crippen LogP contribution >= 0.6 is 11.8 Å². The molecule has 0 aliphatic rings. The molecule has 0 fully saturated rings. The molecule has 0 atom stereocenters. The first-order chi connectivity index (χ1) is 6.04. The molecule has 1 aromatic rings. The molecule has 0 aromatic carbocycles. The Balaban J connectivity index is 2.64. The van der Waals surface area contributed by atoms with Crippen molar-refractivity contribution in [3.05, 3.63) is 5.82 Å². The van der Waals surface area contributed by atoms with E-state index in [0.29, 0.717) is 0 Å². The number of halogens is 3. The van der Waals surface area contributed by atoms with Gasteiger partial charge in [0.2, 0.25) is 11.0 Å². The number of hydrogen-bond donors (Lipinski definition) is 1. The molecule has 0 radical (unpaired) electrons. The molecular weight excluding hydrogens is 203 g/mol. The zero-order valence-electron chi connectivity index (χ0n) is 6.85. The van der Waals surface area contributed by atoms with E-state index in [-0.39, 0.29) is 5.16 Å². The number of alkyl halides is 3. The average Bonchev–Trinajstić information content (AvgIpc) is 2.47. The van der Waals surface area contributed by atoms with Crippen LogP contribution in [0.15, 0.2) is 5.16 Å². The van der Waals surface area contributed by atoms with Gasteiger partial charge in [-0.3, -0.25) is 5.10 Å². The van der Waals surface area contributed by atoms with Gasteiger partial charge in [0, 0.05) is 5.75 Å². The van der Waals surface area contributed by atoms with Gasteiger partial charge in [-0.05, 0) is 6.42 Å². The van der Waals surface area contributed by atoms with Crippen LogP contribution in [0.3, 0.4) is 0 Å². The Hall–Kier alpha value is -0.720. The van der Waals surface area contributed by atoms with Crippen molar-refractivity contribution in [3.8, 4) is 0 Å². The molecule has 1 N–H and O–H groups in total. The Kier molecular flexibility index (Phi) is 3.18. The summed E-state index contributed by atoms with van der Waals surface area (Å²) in [7, 11) is 0. The molecule has 3 nitrogen and oxygen atoms in total. The van der Waals surface area contributed by atoms with E-state index in [1.807, 2.05) is 12.0 Å². The molecule has 7 heteroatoms. The fraction of sp³-hybridized carbons (Fsp3) is 0.667. The van der Waals surface area contributed by atoms with Gasteiger partial charge >= 0.3 is 6.18 Å². The van der Waals surface area contributed by atoms with E-state index in [4.69, 9.17) is 0 Å². The van der Waals surface area contributed by atoms with Crippen LogP contribution in [0.4, 0.5) is 13.2 Å². The van der Waals surface area contributed by atoms with E-state index >= 15 is 0 Å². The van der Waals surface area contributed by atoms with Gasteiger partial charge in [0.25, 0.3) is 0 Å². The third-order valence-corrected chi connectivity index (χ3v) is 2.22. The predicted octanol–water partition coefficient (Wildman–Crippen LogP) is 2.33. The van der Waals surface area contributed by atoms with Gasteiger partial charge in [0.1, 0.15) is 0 Å². The highest BCUT2D eigenvalue weighted by molar-refractivity contribution is 7.99. The first-order valence-corrected chi connectivity index (χ1v) is 4.65. The van der Waals surface area contributed by atoms with Gasteiger partial charge in [0.05, 0.1) is 0 Å². The maximum Gasteiger partial charge on any atom is 0.451 e. The lowest BCUT2D eigenvalue weighted by atomic mass is 10.6. The Morgan fingerprint density at radius 3 is 2.62 bits per heavy atom. The van der Waals surface area contributed by atoms with Gasteiger partial charge in [-0.25, -0.2) is 0 Å². The van der Waals surface area contributed by atoms with Crippen molar-refractivity contribution in [2.75, 3.05) is 5.75 Å². The highest BCUT2D eigenvalue weighted by Gasteiger charge is 2.35. The predicted molar refractivity (Wildman–Crippen MR) is 42.4 cm³/mol. The van der Waals surface area contributed by atoms with Crippen LogP contribution in [0.2, 0.25) is 0 Å². The molecule has 0 saturated carbocycles. The topological polar surface area (TPSA) is 41.6 Å². The standard InChI is InChI=1S/C6H8F3N3S/c1-2-3-13-5-10-4(11-12-5)6(7,8)9/h2-3H2,1H3,(H,10,11,12). The number of nitrogens with zero attached hydrogens (tertiary/aromatic N) is 2. The van der Waals surface area contributed by atoms with Crippen molar-refractivity contribution in [3.63, 3.8) is 0 Å². The number of nitrogens with one attached hydrogen (secondary N) is 1. The number of thioether (sulfide) groups is 1. The molecule has 0 aliphatic carbocycles. The van der Waals surface area contributed by atoms with Crippen LogP contribution in [0.25, 0.3) is 0 Å². The number of aromatic nitrogens is 3. The smallest absolute Gasteiger partial charge is 0.254 e. The Bertz CT molecular complexity index is 270. The highest BCUT2D eigenvalue weighted by atomic mass is 32.2. The fourth-order valence-corrected chi connectivity index (χ4v) is 1.28. The minimum atomic E-state index is -4.43. The molecule has 1 heterocycles.